The van der Waals surface area contributed by atoms with Gasteiger partial charge in [-0.3, -0.25) is 9.19 Å². The van der Waals surface area contributed by atoms with Gasteiger partial charge in [-0.05, 0) is 55.2 Å². The molecule has 4 aromatic rings. The molecule has 0 saturated carbocycles. The molecule has 0 amide bonds. The summed E-state index contributed by atoms with van der Waals surface area (Å²) in [4.78, 5) is 16.1. The molecule has 7 nitrogen and oxygen atoms in total. The van der Waals surface area contributed by atoms with Crippen LogP contribution in [0.1, 0.15) is 37.0 Å². The van der Waals surface area contributed by atoms with Crippen molar-refractivity contribution in [2.75, 3.05) is 24.2 Å². The molecule has 9 heteroatoms. The fourth-order valence-corrected chi connectivity index (χ4v) is 4.78. The number of hydrogen-bond donors (Lipinski definition) is 0. The molecule has 0 aliphatic carbocycles. The minimum atomic E-state index is -1.23. The molecule has 1 aliphatic heterocycles. The van der Waals surface area contributed by atoms with Crippen molar-refractivity contribution < 1.29 is 18.5 Å². The highest BCUT2D eigenvalue weighted by molar-refractivity contribution is 7.84. The van der Waals surface area contributed by atoms with E-state index in [9.17, 15) is 8.60 Å². The summed E-state index contributed by atoms with van der Waals surface area (Å²) in [6.45, 7) is 3.83. The number of aromatic nitrogens is 3. The van der Waals surface area contributed by atoms with E-state index in [1.54, 1.807) is 18.3 Å². The maximum Gasteiger partial charge on any atom is 0.225 e. The first kappa shape index (κ1) is 24.0. The Bertz CT molecular complexity index is 1320. The van der Waals surface area contributed by atoms with Gasteiger partial charge in [0, 0.05) is 64.3 Å². The minimum Gasteiger partial charge on any atom is -0.459 e. The molecule has 1 fully saturated rings. The van der Waals surface area contributed by atoms with Crippen LogP contribution in [-0.4, -0.2) is 44.0 Å². The molecule has 5 rings (SSSR count). The van der Waals surface area contributed by atoms with Crippen LogP contribution in [-0.2, 0) is 17.2 Å². The van der Waals surface area contributed by atoms with Gasteiger partial charge in [0.15, 0.2) is 5.58 Å². The number of fused-ring (bicyclic) bond motifs is 1. The summed E-state index contributed by atoms with van der Waals surface area (Å²) < 4.78 is 32.3. The zero-order valence-corrected chi connectivity index (χ0v) is 19.9. The van der Waals surface area contributed by atoms with Crippen molar-refractivity contribution in [2.45, 2.75) is 37.0 Å². The van der Waals surface area contributed by atoms with Gasteiger partial charge in [0.25, 0.3) is 0 Å². The van der Waals surface area contributed by atoms with E-state index in [1.165, 1.54) is 12.3 Å². The zero-order chi connectivity index (χ0) is 22.9. The molecule has 0 spiro atoms. The predicted octanol–water partition coefficient (Wildman–Crippen LogP) is 4.28. The Hall–Kier alpha value is -3.17. The average Bonchev–Trinajstić information content (AvgIpc) is 3.27. The van der Waals surface area contributed by atoms with E-state index in [-0.39, 0.29) is 5.48 Å². The third-order valence-electron chi connectivity index (χ3n) is 6.25. The van der Waals surface area contributed by atoms with Crippen molar-refractivity contribution in [2.24, 2.45) is 0 Å². The van der Waals surface area contributed by atoms with Crippen molar-refractivity contribution in [1.82, 2.24) is 15.0 Å². The van der Waals surface area contributed by atoms with Gasteiger partial charge in [0.1, 0.15) is 11.6 Å². The van der Waals surface area contributed by atoms with Gasteiger partial charge in [-0.15, -0.1) is 0 Å². The molecule has 34 heavy (non-hydrogen) atoms. The number of aryl methyl sites for hydroxylation is 1. The highest BCUT2D eigenvalue weighted by Crippen LogP contribution is 2.34. The third-order valence-corrected chi connectivity index (χ3v) is 7.17. The largest absolute Gasteiger partial charge is 0.459 e. The lowest BCUT2D eigenvalue weighted by Gasteiger charge is -2.31. The van der Waals surface area contributed by atoms with Crippen LogP contribution in [0.15, 0.2) is 58.2 Å². The maximum absolute atomic E-state index is 14.6. The Morgan fingerprint density at radius 2 is 1.82 bits per heavy atom. The van der Waals surface area contributed by atoms with Crippen molar-refractivity contribution >= 4 is 27.7 Å². The Morgan fingerprint density at radius 3 is 2.47 bits per heavy atom. The Morgan fingerprint density at radius 1 is 1.09 bits per heavy atom. The minimum absolute atomic E-state index is 0. The number of halogens is 1. The predicted molar refractivity (Wildman–Crippen MR) is 131 cm³/mol. The molecule has 1 atom stereocenters. The highest BCUT2D eigenvalue weighted by atomic mass is 32.2. The summed E-state index contributed by atoms with van der Waals surface area (Å²) in [6, 6.07) is 8.51. The van der Waals surface area contributed by atoms with E-state index >= 15 is 0 Å². The lowest BCUT2D eigenvalue weighted by molar-refractivity contribution is 0.419. The summed E-state index contributed by atoms with van der Waals surface area (Å²) >= 11 is 0. The van der Waals surface area contributed by atoms with Crippen LogP contribution in [0.3, 0.4) is 0 Å². The van der Waals surface area contributed by atoms with Gasteiger partial charge in [0.2, 0.25) is 5.95 Å². The van der Waals surface area contributed by atoms with Crippen molar-refractivity contribution in [3.8, 4) is 11.3 Å². The lowest BCUT2D eigenvalue weighted by Crippen LogP contribution is -2.34. The first-order valence-electron chi connectivity index (χ1n) is 11.1. The summed E-state index contributed by atoms with van der Waals surface area (Å²) in [5, 5.41) is 0.901. The van der Waals surface area contributed by atoms with Crippen molar-refractivity contribution in [1.29, 1.82) is 0 Å². The topological polar surface area (TPSA) is 104 Å². The van der Waals surface area contributed by atoms with Crippen molar-refractivity contribution in [3.63, 3.8) is 0 Å². The lowest BCUT2D eigenvalue weighted by atomic mass is 9.94. The van der Waals surface area contributed by atoms with Crippen LogP contribution >= 0.6 is 0 Å². The summed E-state index contributed by atoms with van der Waals surface area (Å²) in [5.74, 6) is 1.59. The van der Waals surface area contributed by atoms with Crippen LogP contribution in [0.25, 0.3) is 22.2 Å². The van der Waals surface area contributed by atoms with E-state index in [2.05, 4.69) is 26.8 Å². The second-order valence-corrected chi connectivity index (χ2v) is 9.74. The number of piperidine rings is 1. The van der Waals surface area contributed by atoms with Crippen LogP contribution < -0.4 is 4.90 Å². The summed E-state index contributed by atoms with van der Waals surface area (Å²) in [7, 11) is -1.23. The molecular formula is C25H27FN4O3S. The number of hydrogen-bond acceptors (Lipinski definition) is 6. The first-order valence-corrected chi connectivity index (χ1v) is 12.7. The van der Waals surface area contributed by atoms with Crippen LogP contribution in [0.2, 0.25) is 0 Å². The first-order chi connectivity index (χ1) is 16.0. The fourth-order valence-electron chi connectivity index (χ4n) is 4.25. The standard InChI is InChI=1S/C25H25FN4O2S.H2O/c1-3-16-13-28-25(29-14-16)30-8-6-17(7-9-30)23-11-18-10-22(27-15-24(18)32-23)20-5-4-19(33(2)31)12-21(20)26;/h4-5,10-15,17H,3,6-9H2,1-2H3;1H2. The molecule has 1 unspecified atom stereocenters. The van der Waals surface area contributed by atoms with Crippen LogP contribution in [0, 0.1) is 5.82 Å². The molecule has 1 aromatic carbocycles. The number of rotatable bonds is 5. The highest BCUT2D eigenvalue weighted by Gasteiger charge is 2.25. The van der Waals surface area contributed by atoms with E-state index in [1.807, 2.05) is 24.5 Å². The smallest absolute Gasteiger partial charge is 0.225 e. The molecule has 2 N–H and O–H groups in total. The van der Waals surface area contributed by atoms with Crippen LogP contribution in [0.5, 0.6) is 0 Å². The summed E-state index contributed by atoms with van der Waals surface area (Å²) in [5.41, 5.74) is 2.75. The molecule has 3 aromatic heterocycles. The quantitative estimate of drug-likeness (QED) is 0.420. The van der Waals surface area contributed by atoms with Gasteiger partial charge in [-0.1, -0.05) is 6.92 Å². The Labute approximate surface area is 199 Å². The van der Waals surface area contributed by atoms with E-state index in [0.29, 0.717) is 27.7 Å². The van der Waals surface area contributed by atoms with Gasteiger partial charge < -0.3 is 14.8 Å². The average molecular weight is 483 g/mol. The molecule has 1 saturated heterocycles. The monoisotopic (exact) mass is 482 g/mol. The maximum atomic E-state index is 14.6. The van der Waals surface area contributed by atoms with Gasteiger partial charge in [-0.25, -0.2) is 14.4 Å². The van der Waals surface area contributed by atoms with E-state index < -0.39 is 16.6 Å². The Balaban J connectivity index is 0.00000274. The number of benzene rings is 1. The molecule has 4 heterocycles. The van der Waals surface area contributed by atoms with Gasteiger partial charge >= 0.3 is 0 Å². The molecular weight excluding hydrogens is 455 g/mol. The van der Waals surface area contributed by atoms with Gasteiger partial charge in [-0.2, -0.15) is 0 Å². The summed E-state index contributed by atoms with van der Waals surface area (Å²) in [6.07, 6.45) is 9.81. The van der Waals surface area contributed by atoms with E-state index in [0.717, 1.165) is 55.0 Å². The SMILES string of the molecule is CCc1cnc(N2CCC(c3cc4cc(-c5ccc(S(C)=O)cc5F)ncc4o3)CC2)nc1.O. The van der Waals surface area contributed by atoms with Crippen molar-refractivity contribution in [3.05, 3.63) is 66.1 Å². The molecule has 178 valence electrons. The second-order valence-electron chi connectivity index (χ2n) is 8.36. The van der Waals surface area contributed by atoms with Gasteiger partial charge in [0.05, 0.1) is 11.9 Å². The third kappa shape index (κ3) is 4.71. The molecule has 1 aliphatic rings. The van der Waals surface area contributed by atoms with E-state index in [4.69, 9.17) is 4.42 Å². The number of furan rings is 1. The molecule has 0 radical (unpaired) electrons. The zero-order valence-electron chi connectivity index (χ0n) is 19.1. The normalized spacial score (nSPS) is 15.3. The number of pyridine rings is 1. The fraction of sp³-hybridized carbons (Fsp3) is 0.320. The second kappa shape index (κ2) is 9.99. The Kier molecular flexibility index (Phi) is 7.04. The number of nitrogens with zero attached hydrogens (tertiary/aromatic N) is 4. The van der Waals surface area contributed by atoms with Crippen LogP contribution in [0.4, 0.5) is 10.3 Å². The molecule has 0 bridgehead atoms. The number of anilines is 1.